The third-order valence-electron chi connectivity index (χ3n) is 3.85. The summed E-state index contributed by atoms with van der Waals surface area (Å²) < 4.78 is 24.2. The van der Waals surface area contributed by atoms with E-state index in [4.69, 9.17) is 21.1 Å². The SMILES string of the molecule is CCOC(=O)C1Cc2cc(C(=O)c3ccccc3F)c(O)c(Cl)c2O1. The number of carbonyl (C=O) groups is 2. The van der Waals surface area contributed by atoms with Crippen molar-refractivity contribution in [2.45, 2.75) is 19.4 Å². The van der Waals surface area contributed by atoms with Crippen molar-refractivity contribution < 1.29 is 28.6 Å². The van der Waals surface area contributed by atoms with E-state index in [0.717, 1.165) is 6.07 Å². The molecule has 1 unspecified atom stereocenters. The summed E-state index contributed by atoms with van der Waals surface area (Å²) in [4.78, 5) is 24.4. The summed E-state index contributed by atoms with van der Waals surface area (Å²) in [5.41, 5.74) is 0.136. The Bertz CT molecular complexity index is 865. The summed E-state index contributed by atoms with van der Waals surface area (Å²) in [7, 11) is 0. The zero-order chi connectivity index (χ0) is 18.1. The molecule has 1 atom stereocenters. The summed E-state index contributed by atoms with van der Waals surface area (Å²) in [6, 6.07) is 6.81. The molecular formula is C18H14ClFO5. The molecule has 7 heteroatoms. The number of hydrogen-bond donors (Lipinski definition) is 1. The Hall–Kier alpha value is -2.60. The summed E-state index contributed by atoms with van der Waals surface area (Å²) in [5, 5.41) is 10.1. The van der Waals surface area contributed by atoms with E-state index < -0.39 is 29.4 Å². The molecule has 1 aliphatic heterocycles. The molecule has 1 N–H and O–H groups in total. The van der Waals surface area contributed by atoms with Crippen LogP contribution in [-0.4, -0.2) is 29.6 Å². The van der Waals surface area contributed by atoms with Crippen molar-refractivity contribution in [1.82, 2.24) is 0 Å². The Morgan fingerprint density at radius 3 is 2.76 bits per heavy atom. The van der Waals surface area contributed by atoms with Gasteiger partial charge in [-0.05, 0) is 25.1 Å². The van der Waals surface area contributed by atoms with Gasteiger partial charge in [-0.25, -0.2) is 9.18 Å². The highest BCUT2D eigenvalue weighted by atomic mass is 35.5. The maximum absolute atomic E-state index is 13.9. The van der Waals surface area contributed by atoms with Crippen LogP contribution >= 0.6 is 11.6 Å². The molecule has 1 heterocycles. The van der Waals surface area contributed by atoms with Crippen molar-refractivity contribution in [3.63, 3.8) is 0 Å². The number of esters is 1. The smallest absolute Gasteiger partial charge is 0.347 e. The second kappa shape index (κ2) is 6.72. The Morgan fingerprint density at radius 1 is 1.36 bits per heavy atom. The van der Waals surface area contributed by atoms with Gasteiger partial charge in [0.2, 0.25) is 0 Å². The number of phenols is 1. The fourth-order valence-electron chi connectivity index (χ4n) is 2.67. The number of ether oxygens (including phenoxy) is 2. The minimum absolute atomic E-state index is 0.127. The minimum Gasteiger partial charge on any atom is -0.505 e. The molecule has 2 aromatic rings. The van der Waals surface area contributed by atoms with Crippen LogP contribution in [0.2, 0.25) is 5.02 Å². The Morgan fingerprint density at radius 2 is 2.08 bits per heavy atom. The van der Waals surface area contributed by atoms with Crippen molar-refractivity contribution in [3.05, 3.63) is 57.9 Å². The van der Waals surface area contributed by atoms with E-state index in [0.29, 0.717) is 5.56 Å². The van der Waals surface area contributed by atoms with E-state index in [1.54, 1.807) is 6.92 Å². The fourth-order valence-corrected chi connectivity index (χ4v) is 2.94. The molecule has 2 aromatic carbocycles. The maximum Gasteiger partial charge on any atom is 0.347 e. The number of rotatable bonds is 4. The molecule has 3 rings (SSSR count). The number of aromatic hydroxyl groups is 1. The van der Waals surface area contributed by atoms with Gasteiger partial charge in [-0.15, -0.1) is 0 Å². The molecule has 0 saturated carbocycles. The number of phenolic OH excluding ortho intramolecular Hbond substituents is 1. The van der Waals surface area contributed by atoms with Gasteiger partial charge in [0.15, 0.2) is 11.9 Å². The van der Waals surface area contributed by atoms with Crippen molar-refractivity contribution in [2.24, 2.45) is 0 Å². The van der Waals surface area contributed by atoms with E-state index >= 15 is 0 Å². The third-order valence-corrected chi connectivity index (χ3v) is 4.20. The molecule has 25 heavy (non-hydrogen) atoms. The lowest BCUT2D eigenvalue weighted by atomic mass is 9.98. The number of benzene rings is 2. The van der Waals surface area contributed by atoms with Gasteiger partial charge in [-0.1, -0.05) is 23.7 Å². The Kier molecular flexibility index (Phi) is 4.63. The van der Waals surface area contributed by atoms with Crippen LogP contribution in [0.15, 0.2) is 30.3 Å². The molecule has 0 fully saturated rings. The first kappa shape index (κ1) is 17.2. The van der Waals surface area contributed by atoms with Gasteiger partial charge in [0.05, 0.1) is 17.7 Å². The predicted molar refractivity (Wildman–Crippen MR) is 87.7 cm³/mol. The lowest BCUT2D eigenvalue weighted by Crippen LogP contribution is -2.27. The van der Waals surface area contributed by atoms with Crippen LogP contribution in [0.4, 0.5) is 4.39 Å². The zero-order valence-electron chi connectivity index (χ0n) is 13.2. The van der Waals surface area contributed by atoms with E-state index in [9.17, 15) is 19.1 Å². The number of halogens is 2. The van der Waals surface area contributed by atoms with Crippen LogP contribution < -0.4 is 4.74 Å². The predicted octanol–water partition coefficient (Wildman–Crippen LogP) is 3.28. The van der Waals surface area contributed by atoms with Gasteiger partial charge in [0, 0.05) is 12.0 Å². The molecule has 0 spiro atoms. The maximum atomic E-state index is 13.9. The molecule has 1 aliphatic rings. The largest absolute Gasteiger partial charge is 0.505 e. The van der Waals surface area contributed by atoms with Gasteiger partial charge in [0.25, 0.3) is 0 Å². The molecule has 0 bridgehead atoms. The topological polar surface area (TPSA) is 72.8 Å². The van der Waals surface area contributed by atoms with Crippen LogP contribution in [0.3, 0.4) is 0 Å². The van der Waals surface area contributed by atoms with Crippen molar-refractivity contribution in [1.29, 1.82) is 0 Å². The highest BCUT2D eigenvalue weighted by Gasteiger charge is 2.35. The Labute approximate surface area is 147 Å². The first-order chi connectivity index (χ1) is 11.9. The molecule has 130 valence electrons. The number of hydrogen-bond acceptors (Lipinski definition) is 5. The second-order valence-electron chi connectivity index (χ2n) is 5.45. The lowest BCUT2D eigenvalue weighted by molar-refractivity contribution is -0.150. The quantitative estimate of drug-likeness (QED) is 0.665. The number of carbonyl (C=O) groups excluding carboxylic acids is 2. The monoisotopic (exact) mass is 364 g/mol. The van der Waals surface area contributed by atoms with Gasteiger partial charge in [-0.3, -0.25) is 4.79 Å². The molecule has 5 nitrogen and oxygen atoms in total. The molecule has 0 radical (unpaired) electrons. The lowest BCUT2D eigenvalue weighted by Gasteiger charge is -2.11. The van der Waals surface area contributed by atoms with Crippen molar-refractivity contribution in [3.8, 4) is 11.5 Å². The third kappa shape index (κ3) is 3.05. The highest BCUT2D eigenvalue weighted by molar-refractivity contribution is 6.34. The summed E-state index contributed by atoms with van der Waals surface area (Å²) >= 11 is 6.09. The standard InChI is InChI=1S/C18H14ClFO5/c1-2-24-18(23)13-8-9-7-11(16(22)14(19)17(9)25-13)15(21)10-5-3-4-6-12(10)20/h3-7,13,22H,2,8H2,1H3. The van der Waals surface area contributed by atoms with Crippen LogP contribution in [0.5, 0.6) is 11.5 Å². The summed E-state index contributed by atoms with van der Waals surface area (Å²) in [6.07, 6.45) is -0.753. The van der Waals surface area contributed by atoms with E-state index in [2.05, 4.69) is 0 Å². The van der Waals surface area contributed by atoms with Crippen LogP contribution in [0.1, 0.15) is 28.4 Å². The van der Waals surface area contributed by atoms with Gasteiger partial charge in [-0.2, -0.15) is 0 Å². The van der Waals surface area contributed by atoms with Crippen LogP contribution in [0, 0.1) is 5.82 Å². The summed E-state index contributed by atoms with van der Waals surface area (Å²) in [6.45, 7) is 1.87. The second-order valence-corrected chi connectivity index (χ2v) is 5.82. The molecule has 0 aliphatic carbocycles. The first-order valence-corrected chi connectivity index (χ1v) is 7.98. The normalized spacial score (nSPS) is 15.4. The van der Waals surface area contributed by atoms with Crippen molar-refractivity contribution >= 4 is 23.4 Å². The highest BCUT2D eigenvalue weighted by Crippen LogP contribution is 2.44. The molecular weight excluding hydrogens is 351 g/mol. The van der Waals surface area contributed by atoms with Gasteiger partial charge >= 0.3 is 5.97 Å². The number of fused-ring (bicyclic) bond motifs is 1. The molecule has 0 saturated heterocycles. The minimum atomic E-state index is -0.898. The average Bonchev–Trinajstić information content (AvgIpc) is 3.03. The van der Waals surface area contributed by atoms with Crippen LogP contribution in [-0.2, 0) is 16.0 Å². The van der Waals surface area contributed by atoms with E-state index in [1.807, 2.05) is 0 Å². The van der Waals surface area contributed by atoms with Gasteiger partial charge < -0.3 is 14.6 Å². The van der Waals surface area contributed by atoms with E-state index in [1.165, 1.54) is 24.3 Å². The van der Waals surface area contributed by atoms with Gasteiger partial charge in [0.1, 0.15) is 22.3 Å². The van der Waals surface area contributed by atoms with Crippen molar-refractivity contribution in [2.75, 3.05) is 6.61 Å². The van der Waals surface area contributed by atoms with Crippen LogP contribution in [0.25, 0.3) is 0 Å². The average molecular weight is 365 g/mol. The van der Waals surface area contributed by atoms with E-state index in [-0.39, 0.29) is 34.9 Å². The zero-order valence-corrected chi connectivity index (χ0v) is 14.0. The fraction of sp³-hybridized carbons (Fsp3) is 0.222. The summed E-state index contributed by atoms with van der Waals surface area (Å²) in [5.74, 6) is -2.36. The molecule has 0 amide bonds. The Balaban J connectivity index is 1.99. The first-order valence-electron chi connectivity index (χ1n) is 7.60. The molecule has 0 aromatic heterocycles. The number of ketones is 1.